The van der Waals surface area contributed by atoms with Crippen molar-refractivity contribution in [1.29, 1.82) is 5.26 Å². The average molecular weight is 338 g/mol. The molecule has 2 aromatic carbocycles. The van der Waals surface area contributed by atoms with Crippen LogP contribution in [0.15, 0.2) is 53.1 Å². The number of benzene rings is 2. The normalized spacial score (nSPS) is 10.3. The number of hydrogen-bond donors (Lipinski definition) is 1. The molecule has 1 aromatic heterocycles. The van der Waals surface area contributed by atoms with Gasteiger partial charge in [-0.15, -0.1) is 0 Å². The SMILES string of the molecule is Cc1ccc(Nc2c(C#N)cnc3ccccc23)c(Br)c1. The second-order valence-electron chi connectivity index (χ2n) is 4.78. The Balaban J connectivity index is 2.17. The third-order valence-electron chi connectivity index (χ3n) is 3.28. The lowest BCUT2D eigenvalue weighted by Crippen LogP contribution is -1.97. The minimum absolute atomic E-state index is 0.529. The molecule has 3 rings (SSSR count). The van der Waals surface area contributed by atoms with Gasteiger partial charge in [0.15, 0.2) is 0 Å². The molecule has 3 nitrogen and oxygen atoms in total. The number of anilines is 2. The van der Waals surface area contributed by atoms with Crippen molar-refractivity contribution in [3.8, 4) is 6.07 Å². The van der Waals surface area contributed by atoms with Crippen molar-refractivity contribution < 1.29 is 0 Å². The maximum Gasteiger partial charge on any atom is 0.103 e. The summed E-state index contributed by atoms with van der Waals surface area (Å²) in [6.07, 6.45) is 1.60. The van der Waals surface area contributed by atoms with E-state index in [2.05, 4.69) is 32.3 Å². The predicted octanol–water partition coefficient (Wildman–Crippen LogP) is 4.92. The van der Waals surface area contributed by atoms with E-state index in [1.807, 2.05) is 49.4 Å². The zero-order valence-corrected chi connectivity index (χ0v) is 13.0. The minimum atomic E-state index is 0.529. The van der Waals surface area contributed by atoms with Crippen LogP contribution in [-0.2, 0) is 0 Å². The molecule has 0 saturated heterocycles. The number of para-hydroxylation sites is 1. The van der Waals surface area contributed by atoms with Crippen molar-refractivity contribution in [2.45, 2.75) is 6.92 Å². The summed E-state index contributed by atoms with van der Waals surface area (Å²) in [7, 11) is 0. The minimum Gasteiger partial charge on any atom is -0.353 e. The second kappa shape index (κ2) is 5.55. The van der Waals surface area contributed by atoms with Gasteiger partial charge in [0.2, 0.25) is 0 Å². The van der Waals surface area contributed by atoms with Crippen LogP contribution in [0.25, 0.3) is 10.9 Å². The average Bonchev–Trinajstić information content (AvgIpc) is 2.50. The molecule has 0 bridgehead atoms. The van der Waals surface area contributed by atoms with Crippen molar-refractivity contribution in [2.24, 2.45) is 0 Å². The predicted molar refractivity (Wildman–Crippen MR) is 88.6 cm³/mol. The van der Waals surface area contributed by atoms with Gasteiger partial charge >= 0.3 is 0 Å². The topological polar surface area (TPSA) is 48.7 Å². The molecule has 1 N–H and O–H groups in total. The highest BCUT2D eigenvalue weighted by atomic mass is 79.9. The summed E-state index contributed by atoms with van der Waals surface area (Å²) >= 11 is 3.55. The van der Waals surface area contributed by atoms with Crippen LogP contribution in [-0.4, -0.2) is 4.98 Å². The molecule has 0 spiro atoms. The quantitative estimate of drug-likeness (QED) is 0.721. The fraction of sp³-hybridized carbons (Fsp3) is 0.0588. The molecule has 4 heteroatoms. The number of nitriles is 1. The molecule has 1 heterocycles. The monoisotopic (exact) mass is 337 g/mol. The molecule has 0 aliphatic rings. The molecule has 0 aliphatic carbocycles. The Morgan fingerprint density at radius 2 is 2.00 bits per heavy atom. The number of aromatic nitrogens is 1. The summed E-state index contributed by atoms with van der Waals surface area (Å²) in [5.41, 5.74) is 4.28. The maximum absolute atomic E-state index is 9.33. The third kappa shape index (κ3) is 2.61. The molecule has 0 saturated carbocycles. The Morgan fingerprint density at radius 3 is 2.76 bits per heavy atom. The largest absolute Gasteiger partial charge is 0.353 e. The van der Waals surface area contributed by atoms with Gasteiger partial charge in [-0.1, -0.05) is 24.3 Å². The molecule has 3 aromatic rings. The van der Waals surface area contributed by atoms with E-state index in [4.69, 9.17) is 0 Å². The van der Waals surface area contributed by atoms with E-state index in [9.17, 15) is 5.26 Å². The second-order valence-corrected chi connectivity index (χ2v) is 5.64. The Kier molecular flexibility index (Phi) is 3.59. The summed E-state index contributed by atoms with van der Waals surface area (Å²) in [6, 6.07) is 16.0. The highest BCUT2D eigenvalue weighted by molar-refractivity contribution is 9.10. The summed E-state index contributed by atoms with van der Waals surface area (Å²) in [5.74, 6) is 0. The Hall–Kier alpha value is -2.38. The zero-order valence-electron chi connectivity index (χ0n) is 11.4. The Labute approximate surface area is 131 Å². The molecule has 0 atom stereocenters. The van der Waals surface area contributed by atoms with Gasteiger partial charge in [-0.3, -0.25) is 4.98 Å². The first-order valence-corrected chi connectivity index (χ1v) is 7.29. The van der Waals surface area contributed by atoms with E-state index in [0.29, 0.717) is 5.56 Å². The van der Waals surface area contributed by atoms with Crippen molar-refractivity contribution in [3.63, 3.8) is 0 Å². The number of pyridine rings is 1. The van der Waals surface area contributed by atoms with E-state index in [0.717, 1.165) is 26.8 Å². The van der Waals surface area contributed by atoms with E-state index in [1.54, 1.807) is 6.20 Å². The van der Waals surface area contributed by atoms with Gasteiger partial charge in [-0.2, -0.15) is 5.26 Å². The summed E-state index contributed by atoms with van der Waals surface area (Å²) in [5, 5.41) is 13.6. The molecule has 0 aliphatic heterocycles. The first-order chi connectivity index (χ1) is 10.2. The number of rotatable bonds is 2. The van der Waals surface area contributed by atoms with Crippen LogP contribution in [0.5, 0.6) is 0 Å². The molecule has 102 valence electrons. The van der Waals surface area contributed by atoms with Gasteiger partial charge in [-0.05, 0) is 46.6 Å². The highest BCUT2D eigenvalue weighted by Crippen LogP contribution is 2.32. The van der Waals surface area contributed by atoms with Gasteiger partial charge in [0.05, 0.1) is 22.5 Å². The lowest BCUT2D eigenvalue weighted by molar-refractivity contribution is 1.36. The van der Waals surface area contributed by atoms with Crippen LogP contribution in [0.1, 0.15) is 11.1 Å². The lowest BCUT2D eigenvalue weighted by atomic mass is 10.1. The first-order valence-electron chi connectivity index (χ1n) is 6.50. The van der Waals surface area contributed by atoms with E-state index < -0.39 is 0 Å². The summed E-state index contributed by atoms with van der Waals surface area (Å²) < 4.78 is 0.965. The molecule has 0 fully saturated rings. The van der Waals surface area contributed by atoms with Crippen LogP contribution in [0, 0.1) is 18.3 Å². The van der Waals surface area contributed by atoms with Crippen molar-refractivity contribution in [1.82, 2.24) is 4.98 Å². The maximum atomic E-state index is 9.33. The number of hydrogen-bond acceptors (Lipinski definition) is 3. The highest BCUT2D eigenvalue weighted by Gasteiger charge is 2.10. The van der Waals surface area contributed by atoms with E-state index >= 15 is 0 Å². The van der Waals surface area contributed by atoms with Crippen LogP contribution in [0.3, 0.4) is 0 Å². The standard InChI is InChI=1S/C17H12BrN3/c1-11-6-7-16(14(18)8-11)21-17-12(9-19)10-20-15-5-3-2-4-13(15)17/h2-8,10H,1H3,(H,20,21). The molecular formula is C17H12BrN3. The Bertz CT molecular complexity index is 866. The van der Waals surface area contributed by atoms with Crippen molar-refractivity contribution in [3.05, 3.63) is 64.3 Å². The third-order valence-corrected chi connectivity index (χ3v) is 3.94. The summed E-state index contributed by atoms with van der Waals surface area (Å²) in [4.78, 5) is 4.32. The van der Waals surface area contributed by atoms with E-state index in [-0.39, 0.29) is 0 Å². The van der Waals surface area contributed by atoms with Crippen LogP contribution < -0.4 is 5.32 Å². The molecule has 21 heavy (non-hydrogen) atoms. The molecular weight excluding hydrogens is 326 g/mol. The van der Waals surface area contributed by atoms with Gasteiger partial charge in [0.25, 0.3) is 0 Å². The first kappa shape index (κ1) is 13.6. The van der Waals surface area contributed by atoms with Gasteiger partial charge < -0.3 is 5.32 Å². The lowest BCUT2D eigenvalue weighted by Gasteiger charge is -2.13. The van der Waals surface area contributed by atoms with Crippen molar-refractivity contribution >= 4 is 38.2 Å². The van der Waals surface area contributed by atoms with Crippen molar-refractivity contribution in [2.75, 3.05) is 5.32 Å². The number of aryl methyl sites for hydroxylation is 1. The Morgan fingerprint density at radius 1 is 1.19 bits per heavy atom. The van der Waals surface area contributed by atoms with Crippen LogP contribution >= 0.6 is 15.9 Å². The van der Waals surface area contributed by atoms with Gasteiger partial charge in [0, 0.05) is 16.1 Å². The van der Waals surface area contributed by atoms with Crippen LogP contribution in [0.4, 0.5) is 11.4 Å². The number of nitrogens with one attached hydrogen (secondary N) is 1. The fourth-order valence-corrected chi connectivity index (χ4v) is 2.81. The van der Waals surface area contributed by atoms with E-state index in [1.165, 1.54) is 5.56 Å². The zero-order chi connectivity index (χ0) is 14.8. The fourth-order valence-electron chi connectivity index (χ4n) is 2.22. The van der Waals surface area contributed by atoms with Gasteiger partial charge in [0.1, 0.15) is 6.07 Å². The van der Waals surface area contributed by atoms with Crippen LogP contribution in [0.2, 0.25) is 0 Å². The molecule has 0 amide bonds. The smallest absolute Gasteiger partial charge is 0.103 e. The number of fused-ring (bicyclic) bond motifs is 1. The van der Waals surface area contributed by atoms with Gasteiger partial charge in [-0.25, -0.2) is 0 Å². The molecule has 0 radical (unpaired) electrons. The number of halogens is 1. The number of nitrogens with zero attached hydrogens (tertiary/aromatic N) is 2. The molecule has 0 unspecified atom stereocenters. The summed E-state index contributed by atoms with van der Waals surface area (Å²) in [6.45, 7) is 2.04.